The molecule has 1 saturated carbocycles. The number of carbonyl (C=O) groups excluding carboxylic acids is 1. The van der Waals surface area contributed by atoms with Crippen LogP contribution in [0.25, 0.3) is 0 Å². The summed E-state index contributed by atoms with van der Waals surface area (Å²) in [6.45, 7) is 5.33. The molecule has 2 rings (SSSR count). The molecule has 0 radical (unpaired) electrons. The van der Waals surface area contributed by atoms with Crippen molar-refractivity contribution in [2.45, 2.75) is 70.0 Å². The van der Waals surface area contributed by atoms with E-state index in [1.165, 1.54) is 32.1 Å². The molecule has 19 heavy (non-hydrogen) atoms. The van der Waals surface area contributed by atoms with Crippen molar-refractivity contribution in [1.29, 1.82) is 0 Å². The average Bonchev–Trinajstić information content (AvgIpc) is 2.36. The maximum atomic E-state index is 12.4. The number of hydrogen-bond donors (Lipinski definition) is 1. The molecule has 0 aromatic heterocycles. The average molecular weight is 268 g/mol. The van der Waals surface area contributed by atoms with Crippen LogP contribution in [0.3, 0.4) is 0 Å². The van der Waals surface area contributed by atoms with E-state index in [9.17, 15) is 9.90 Å². The van der Waals surface area contributed by atoms with E-state index < -0.39 is 0 Å². The van der Waals surface area contributed by atoms with Gasteiger partial charge in [0.05, 0.1) is 6.04 Å². The fourth-order valence-electron chi connectivity index (χ4n) is 4.03. The molecule has 110 valence electrons. The maximum absolute atomic E-state index is 12.4. The molecule has 1 aliphatic carbocycles. The van der Waals surface area contributed by atoms with E-state index >= 15 is 0 Å². The number of carbonyl (C=O) groups is 1. The van der Waals surface area contributed by atoms with Crippen LogP contribution in [0.2, 0.25) is 0 Å². The van der Waals surface area contributed by atoms with Gasteiger partial charge in [0.15, 0.2) is 0 Å². The lowest BCUT2D eigenvalue weighted by molar-refractivity contribution is -0.153. The highest BCUT2D eigenvalue weighted by Gasteiger charge is 2.46. The van der Waals surface area contributed by atoms with Gasteiger partial charge in [-0.1, -0.05) is 19.3 Å². The van der Waals surface area contributed by atoms with Gasteiger partial charge in [-0.15, -0.1) is 0 Å². The number of aliphatic hydroxyl groups excluding tert-OH is 1. The Kier molecular flexibility index (Phi) is 4.51. The highest BCUT2D eigenvalue weighted by atomic mass is 16.3. The Morgan fingerprint density at radius 3 is 2.47 bits per heavy atom. The number of hydrogen-bond acceptors (Lipinski definition) is 3. The van der Waals surface area contributed by atoms with Crippen LogP contribution in [-0.2, 0) is 4.79 Å². The maximum Gasteiger partial charge on any atom is 0.239 e. The summed E-state index contributed by atoms with van der Waals surface area (Å²) >= 11 is 0. The highest BCUT2D eigenvalue weighted by Crippen LogP contribution is 2.34. The second-order valence-electron chi connectivity index (χ2n) is 6.73. The summed E-state index contributed by atoms with van der Waals surface area (Å²) < 4.78 is 0. The number of rotatable bonds is 3. The van der Waals surface area contributed by atoms with Gasteiger partial charge in [0.2, 0.25) is 5.91 Å². The summed E-state index contributed by atoms with van der Waals surface area (Å²) in [5, 5.41) is 9.31. The van der Waals surface area contributed by atoms with Crippen molar-refractivity contribution in [2.24, 2.45) is 0 Å². The van der Waals surface area contributed by atoms with Crippen molar-refractivity contribution >= 4 is 5.91 Å². The third kappa shape index (κ3) is 2.95. The van der Waals surface area contributed by atoms with Crippen LogP contribution in [0.5, 0.6) is 0 Å². The van der Waals surface area contributed by atoms with Crippen LogP contribution in [0.15, 0.2) is 0 Å². The summed E-state index contributed by atoms with van der Waals surface area (Å²) in [5.41, 5.74) is 0.00447. The predicted molar refractivity (Wildman–Crippen MR) is 75.9 cm³/mol. The van der Waals surface area contributed by atoms with Crippen molar-refractivity contribution in [3.05, 3.63) is 0 Å². The van der Waals surface area contributed by atoms with Crippen molar-refractivity contribution < 1.29 is 9.90 Å². The molecule has 1 N–H and O–H groups in total. The Balaban J connectivity index is 2.24. The normalized spacial score (nSPS) is 29.8. The Morgan fingerprint density at radius 2 is 1.89 bits per heavy atom. The molecule has 1 atom stereocenters. The van der Waals surface area contributed by atoms with Crippen LogP contribution >= 0.6 is 0 Å². The number of amides is 1. The van der Waals surface area contributed by atoms with Crippen molar-refractivity contribution in [1.82, 2.24) is 9.80 Å². The van der Waals surface area contributed by atoms with Gasteiger partial charge in [-0.3, -0.25) is 9.69 Å². The topological polar surface area (TPSA) is 43.8 Å². The van der Waals surface area contributed by atoms with Crippen molar-refractivity contribution in [3.63, 3.8) is 0 Å². The first-order valence-electron chi connectivity index (χ1n) is 7.61. The van der Waals surface area contributed by atoms with Crippen molar-refractivity contribution in [2.75, 3.05) is 20.2 Å². The van der Waals surface area contributed by atoms with Crippen LogP contribution < -0.4 is 0 Å². The van der Waals surface area contributed by atoms with Gasteiger partial charge in [-0.2, -0.15) is 0 Å². The largest absolute Gasteiger partial charge is 0.396 e. The number of likely N-dealkylation sites (N-methyl/N-ethyl adjacent to an activating group) is 1. The monoisotopic (exact) mass is 268 g/mol. The summed E-state index contributed by atoms with van der Waals surface area (Å²) in [5.74, 6) is 0.180. The Hall–Kier alpha value is -0.610. The summed E-state index contributed by atoms with van der Waals surface area (Å²) in [4.78, 5) is 16.7. The Morgan fingerprint density at radius 1 is 1.26 bits per heavy atom. The number of piperazine rings is 1. The fraction of sp³-hybridized carbons (Fsp3) is 0.933. The van der Waals surface area contributed by atoms with Gasteiger partial charge >= 0.3 is 0 Å². The van der Waals surface area contributed by atoms with E-state index in [2.05, 4.69) is 18.7 Å². The standard InChI is InChI=1S/C15H28N2O2/c1-15(2)11-16(3)14(19)13(9-10-18)17(15)12-7-5-4-6-8-12/h12-13,18H,4-11H2,1-3H3. The number of aliphatic hydroxyl groups is 1. The van der Waals surface area contributed by atoms with E-state index in [-0.39, 0.29) is 24.1 Å². The molecule has 2 fully saturated rings. The minimum Gasteiger partial charge on any atom is -0.396 e. The SMILES string of the molecule is CN1CC(C)(C)N(C2CCCCC2)C(CCO)C1=O. The molecule has 0 spiro atoms. The lowest BCUT2D eigenvalue weighted by atomic mass is 9.85. The third-order valence-corrected chi connectivity index (χ3v) is 4.69. The molecular formula is C15H28N2O2. The van der Waals surface area contributed by atoms with Gasteiger partial charge in [-0.05, 0) is 33.1 Å². The molecule has 4 heteroatoms. The first-order chi connectivity index (χ1) is 8.97. The molecule has 1 unspecified atom stereocenters. The second-order valence-corrected chi connectivity index (χ2v) is 6.73. The highest BCUT2D eigenvalue weighted by molar-refractivity contribution is 5.82. The van der Waals surface area contributed by atoms with Crippen LogP contribution in [-0.4, -0.2) is 58.6 Å². The number of nitrogens with zero attached hydrogens (tertiary/aromatic N) is 2. The molecule has 2 aliphatic rings. The van der Waals surface area contributed by atoms with E-state index in [1.807, 2.05) is 11.9 Å². The molecule has 1 heterocycles. The molecule has 4 nitrogen and oxygen atoms in total. The summed E-state index contributed by atoms with van der Waals surface area (Å²) in [6, 6.07) is 0.375. The van der Waals surface area contributed by atoms with Gasteiger partial charge in [0, 0.05) is 31.8 Å². The fourth-order valence-corrected chi connectivity index (χ4v) is 4.03. The second kappa shape index (κ2) is 5.80. The van der Waals surface area contributed by atoms with Gasteiger partial charge in [-0.25, -0.2) is 0 Å². The van der Waals surface area contributed by atoms with Crippen LogP contribution in [0, 0.1) is 0 Å². The Labute approximate surface area is 116 Å². The van der Waals surface area contributed by atoms with Gasteiger partial charge < -0.3 is 10.0 Å². The first kappa shape index (κ1) is 14.8. The lowest BCUT2D eigenvalue weighted by Crippen LogP contribution is -2.68. The van der Waals surface area contributed by atoms with E-state index in [4.69, 9.17) is 0 Å². The molecule has 0 bridgehead atoms. The minimum absolute atomic E-state index is 0.00447. The Bertz CT molecular complexity index is 324. The predicted octanol–water partition coefficient (Wildman–Crippen LogP) is 1.62. The van der Waals surface area contributed by atoms with Crippen molar-refractivity contribution in [3.8, 4) is 0 Å². The first-order valence-corrected chi connectivity index (χ1v) is 7.61. The quantitative estimate of drug-likeness (QED) is 0.846. The summed E-state index contributed by atoms with van der Waals surface area (Å²) in [6.07, 6.45) is 6.82. The molecule has 1 amide bonds. The van der Waals surface area contributed by atoms with Crippen LogP contribution in [0.1, 0.15) is 52.4 Å². The van der Waals surface area contributed by atoms with E-state index in [0.29, 0.717) is 12.5 Å². The smallest absolute Gasteiger partial charge is 0.239 e. The van der Waals surface area contributed by atoms with Gasteiger partial charge in [0.25, 0.3) is 0 Å². The molecule has 1 saturated heterocycles. The van der Waals surface area contributed by atoms with E-state index in [1.54, 1.807) is 0 Å². The van der Waals surface area contributed by atoms with Gasteiger partial charge in [0.1, 0.15) is 0 Å². The molecule has 0 aromatic carbocycles. The third-order valence-electron chi connectivity index (χ3n) is 4.69. The molecule has 1 aliphatic heterocycles. The minimum atomic E-state index is -0.137. The molecular weight excluding hydrogens is 240 g/mol. The zero-order valence-corrected chi connectivity index (χ0v) is 12.6. The zero-order valence-electron chi connectivity index (χ0n) is 12.6. The van der Waals surface area contributed by atoms with E-state index in [0.717, 1.165) is 6.54 Å². The zero-order chi connectivity index (χ0) is 14.0. The van der Waals surface area contributed by atoms with Crippen LogP contribution in [0.4, 0.5) is 0 Å². The summed E-state index contributed by atoms with van der Waals surface area (Å²) in [7, 11) is 1.88. The lowest BCUT2D eigenvalue weighted by Gasteiger charge is -2.54. The molecule has 0 aromatic rings.